The number of nitrogens with zero attached hydrogens (tertiary/aromatic N) is 1. The van der Waals surface area contributed by atoms with Crippen molar-refractivity contribution >= 4 is 5.91 Å². The number of amides is 1. The Balaban J connectivity index is 1.77. The molecule has 1 aromatic heterocycles. The number of hydrogen-bond acceptors (Lipinski definition) is 3. The highest BCUT2D eigenvalue weighted by molar-refractivity contribution is 5.91. The number of furan rings is 1. The highest BCUT2D eigenvalue weighted by Crippen LogP contribution is 2.25. The lowest BCUT2D eigenvalue weighted by Gasteiger charge is -2.32. The van der Waals surface area contributed by atoms with Crippen LogP contribution in [0.15, 0.2) is 47.1 Å². The van der Waals surface area contributed by atoms with Gasteiger partial charge in [-0.05, 0) is 18.2 Å². The summed E-state index contributed by atoms with van der Waals surface area (Å²) in [5, 5.41) is 0. The lowest BCUT2D eigenvalue weighted by Crippen LogP contribution is -2.42. The maximum atomic E-state index is 13.8. The molecule has 5 heteroatoms. The molecule has 0 radical (unpaired) electrons. The van der Waals surface area contributed by atoms with E-state index in [-0.39, 0.29) is 11.7 Å². The first-order valence-corrected chi connectivity index (χ1v) is 6.44. The van der Waals surface area contributed by atoms with Crippen molar-refractivity contribution in [3.8, 4) is 0 Å². The van der Waals surface area contributed by atoms with Crippen LogP contribution in [0.2, 0.25) is 0 Å². The first-order valence-electron chi connectivity index (χ1n) is 6.44. The van der Waals surface area contributed by atoms with Crippen molar-refractivity contribution < 1.29 is 18.3 Å². The van der Waals surface area contributed by atoms with Gasteiger partial charge < -0.3 is 14.1 Å². The number of hydrogen-bond donors (Lipinski definition) is 0. The fourth-order valence-corrected chi connectivity index (χ4v) is 2.31. The summed E-state index contributed by atoms with van der Waals surface area (Å²) < 4.78 is 24.5. The van der Waals surface area contributed by atoms with E-state index in [4.69, 9.17) is 9.15 Å². The third kappa shape index (κ3) is 2.44. The second-order valence-corrected chi connectivity index (χ2v) is 4.61. The molecule has 3 rings (SSSR count). The molecule has 0 spiro atoms. The van der Waals surface area contributed by atoms with E-state index >= 15 is 0 Å². The van der Waals surface area contributed by atoms with Gasteiger partial charge in [-0.2, -0.15) is 0 Å². The van der Waals surface area contributed by atoms with E-state index in [1.54, 1.807) is 35.2 Å². The van der Waals surface area contributed by atoms with Crippen LogP contribution in [0.5, 0.6) is 0 Å². The number of carbonyl (C=O) groups is 1. The Kier molecular flexibility index (Phi) is 3.52. The van der Waals surface area contributed by atoms with Gasteiger partial charge in [-0.15, -0.1) is 0 Å². The predicted molar refractivity (Wildman–Crippen MR) is 69.7 cm³/mol. The minimum Gasteiger partial charge on any atom is -0.459 e. The molecule has 0 N–H and O–H groups in total. The van der Waals surface area contributed by atoms with Crippen molar-refractivity contribution in [3.63, 3.8) is 0 Å². The molecule has 1 aliphatic rings. The number of benzene rings is 1. The molecule has 1 aromatic carbocycles. The van der Waals surface area contributed by atoms with Gasteiger partial charge in [0, 0.05) is 12.1 Å². The molecule has 0 saturated carbocycles. The number of halogens is 1. The van der Waals surface area contributed by atoms with Crippen LogP contribution in [0.25, 0.3) is 0 Å². The van der Waals surface area contributed by atoms with Gasteiger partial charge in [-0.1, -0.05) is 18.2 Å². The zero-order valence-corrected chi connectivity index (χ0v) is 10.8. The predicted octanol–water partition coefficient (Wildman–Crippen LogP) is 2.63. The van der Waals surface area contributed by atoms with Gasteiger partial charge >= 0.3 is 0 Å². The maximum Gasteiger partial charge on any atom is 0.289 e. The van der Waals surface area contributed by atoms with Crippen LogP contribution in [-0.4, -0.2) is 30.5 Å². The average molecular weight is 275 g/mol. The van der Waals surface area contributed by atoms with Crippen molar-refractivity contribution in [2.24, 2.45) is 0 Å². The summed E-state index contributed by atoms with van der Waals surface area (Å²) >= 11 is 0. The fourth-order valence-electron chi connectivity index (χ4n) is 2.31. The van der Waals surface area contributed by atoms with Crippen molar-refractivity contribution in [1.82, 2.24) is 4.90 Å². The minimum absolute atomic E-state index is 0.195. The molecule has 20 heavy (non-hydrogen) atoms. The summed E-state index contributed by atoms with van der Waals surface area (Å²) in [7, 11) is 0. The van der Waals surface area contributed by atoms with E-state index in [0.29, 0.717) is 31.0 Å². The zero-order valence-electron chi connectivity index (χ0n) is 10.8. The molecule has 0 aliphatic carbocycles. The van der Waals surface area contributed by atoms with E-state index in [9.17, 15) is 9.18 Å². The first-order chi connectivity index (χ1) is 9.75. The Morgan fingerprint density at radius 2 is 2.10 bits per heavy atom. The number of morpholine rings is 1. The van der Waals surface area contributed by atoms with Crippen molar-refractivity contribution in [3.05, 3.63) is 59.8 Å². The van der Waals surface area contributed by atoms with Crippen LogP contribution in [0.4, 0.5) is 4.39 Å². The van der Waals surface area contributed by atoms with E-state index < -0.39 is 6.10 Å². The molecule has 104 valence electrons. The summed E-state index contributed by atoms with van der Waals surface area (Å²) in [6, 6.07) is 9.76. The summed E-state index contributed by atoms with van der Waals surface area (Å²) in [5.74, 6) is -0.219. The topological polar surface area (TPSA) is 42.7 Å². The van der Waals surface area contributed by atoms with Crippen LogP contribution < -0.4 is 0 Å². The number of carbonyl (C=O) groups excluding carboxylic acids is 1. The SMILES string of the molecule is O=C(c1ccco1)N1CCOC(c2ccccc2F)C1. The van der Waals surface area contributed by atoms with Gasteiger partial charge in [0.1, 0.15) is 11.9 Å². The first kappa shape index (κ1) is 12.9. The highest BCUT2D eigenvalue weighted by atomic mass is 19.1. The Morgan fingerprint density at radius 1 is 1.25 bits per heavy atom. The van der Waals surface area contributed by atoms with Gasteiger partial charge in [0.25, 0.3) is 5.91 Å². The molecule has 0 bridgehead atoms. The smallest absolute Gasteiger partial charge is 0.289 e. The summed E-state index contributed by atoms with van der Waals surface area (Å²) in [4.78, 5) is 13.8. The largest absolute Gasteiger partial charge is 0.459 e. The Morgan fingerprint density at radius 3 is 2.85 bits per heavy atom. The molecule has 1 atom stereocenters. The quantitative estimate of drug-likeness (QED) is 0.846. The molecule has 4 nitrogen and oxygen atoms in total. The molecule has 1 amide bonds. The molecule has 2 aromatic rings. The van der Waals surface area contributed by atoms with Gasteiger partial charge in [0.05, 0.1) is 19.4 Å². The molecular formula is C15H14FNO3. The monoisotopic (exact) mass is 275 g/mol. The Bertz CT molecular complexity index is 597. The van der Waals surface area contributed by atoms with Crippen LogP contribution in [0.1, 0.15) is 22.2 Å². The molecule has 1 aliphatic heterocycles. The third-order valence-electron chi connectivity index (χ3n) is 3.34. The highest BCUT2D eigenvalue weighted by Gasteiger charge is 2.28. The molecule has 2 heterocycles. The zero-order chi connectivity index (χ0) is 13.9. The normalized spacial score (nSPS) is 19.1. The fraction of sp³-hybridized carbons (Fsp3) is 0.267. The van der Waals surface area contributed by atoms with Crippen molar-refractivity contribution in [1.29, 1.82) is 0 Å². The third-order valence-corrected chi connectivity index (χ3v) is 3.34. The number of ether oxygens (including phenoxy) is 1. The van der Waals surface area contributed by atoms with Gasteiger partial charge in [0.2, 0.25) is 0 Å². The van der Waals surface area contributed by atoms with E-state index in [2.05, 4.69) is 0 Å². The lowest BCUT2D eigenvalue weighted by atomic mass is 10.1. The van der Waals surface area contributed by atoms with Crippen molar-refractivity contribution in [2.75, 3.05) is 19.7 Å². The molecular weight excluding hydrogens is 261 g/mol. The Hall–Kier alpha value is -2.14. The van der Waals surface area contributed by atoms with Crippen LogP contribution >= 0.6 is 0 Å². The molecule has 1 saturated heterocycles. The van der Waals surface area contributed by atoms with Crippen molar-refractivity contribution in [2.45, 2.75) is 6.10 Å². The standard InChI is InChI=1S/C15H14FNO3/c16-12-5-2-1-4-11(12)14-10-17(7-9-20-14)15(18)13-6-3-8-19-13/h1-6,8,14H,7,9-10H2. The van der Waals surface area contributed by atoms with Gasteiger partial charge in [0.15, 0.2) is 5.76 Å². The summed E-state index contributed by atoms with van der Waals surface area (Å²) in [6.07, 6.45) is 1.02. The van der Waals surface area contributed by atoms with Gasteiger partial charge in [-0.3, -0.25) is 4.79 Å². The maximum absolute atomic E-state index is 13.8. The van der Waals surface area contributed by atoms with Crippen LogP contribution in [-0.2, 0) is 4.74 Å². The van der Waals surface area contributed by atoms with E-state index in [0.717, 1.165) is 0 Å². The molecule has 1 unspecified atom stereocenters. The second-order valence-electron chi connectivity index (χ2n) is 4.61. The molecule has 1 fully saturated rings. The lowest BCUT2D eigenvalue weighted by molar-refractivity contribution is -0.0252. The van der Waals surface area contributed by atoms with Crippen LogP contribution in [0.3, 0.4) is 0 Å². The van der Waals surface area contributed by atoms with Gasteiger partial charge in [-0.25, -0.2) is 4.39 Å². The minimum atomic E-state index is -0.441. The summed E-state index contributed by atoms with van der Waals surface area (Å²) in [5.41, 5.74) is 0.476. The summed E-state index contributed by atoms with van der Waals surface area (Å²) in [6.45, 7) is 1.18. The number of rotatable bonds is 2. The van der Waals surface area contributed by atoms with E-state index in [1.165, 1.54) is 12.3 Å². The average Bonchev–Trinajstić information content (AvgIpc) is 3.01. The Labute approximate surface area is 115 Å². The second kappa shape index (κ2) is 5.46. The van der Waals surface area contributed by atoms with Crippen LogP contribution in [0, 0.1) is 5.82 Å². The van der Waals surface area contributed by atoms with E-state index in [1.807, 2.05) is 0 Å².